The predicted octanol–water partition coefficient (Wildman–Crippen LogP) is 1.21. The van der Waals surface area contributed by atoms with Crippen molar-refractivity contribution in [2.45, 2.75) is 25.9 Å². The number of nitrogens with zero attached hydrogens (tertiary/aromatic N) is 1. The lowest BCUT2D eigenvalue weighted by atomic mass is 10.1. The predicted molar refractivity (Wildman–Crippen MR) is 66.1 cm³/mol. The van der Waals surface area contributed by atoms with Gasteiger partial charge >= 0.3 is 0 Å². The lowest BCUT2D eigenvalue weighted by Gasteiger charge is -2.37. The molecule has 0 radical (unpaired) electrons. The summed E-state index contributed by atoms with van der Waals surface area (Å²) in [6.45, 7) is 5.66. The molecule has 2 atom stereocenters. The van der Waals surface area contributed by atoms with E-state index in [2.05, 4.69) is 12.2 Å². The molecule has 1 amide bonds. The number of phenolic OH excluding ortho intramolecular Hbond substituents is 1. The molecule has 2 rings (SSSR count). The van der Waals surface area contributed by atoms with Crippen LogP contribution in [0.3, 0.4) is 0 Å². The highest BCUT2D eigenvalue weighted by atomic mass is 16.3. The highest BCUT2D eigenvalue weighted by Gasteiger charge is 2.27. The van der Waals surface area contributed by atoms with Gasteiger partial charge in [0.25, 0.3) is 5.91 Å². The first kappa shape index (κ1) is 11.9. The van der Waals surface area contributed by atoms with Crippen LogP contribution in [0.2, 0.25) is 0 Å². The number of aromatic hydroxyl groups is 1. The van der Waals surface area contributed by atoms with E-state index in [-0.39, 0.29) is 17.7 Å². The zero-order chi connectivity index (χ0) is 12.4. The summed E-state index contributed by atoms with van der Waals surface area (Å²) in [5.74, 6) is 0.217. The molecule has 92 valence electrons. The Balaban J connectivity index is 2.15. The van der Waals surface area contributed by atoms with Crippen molar-refractivity contribution in [3.63, 3.8) is 0 Å². The number of phenols is 1. The number of hydrogen-bond acceptors (Lipinski definition) is 3. The van der Waals surface area contributed by atoms with Crippen molar-refractivity contribution >= 4 is 5.91 Å². The summed E-state index contributed by atoms with van der Waals surface area (Å²) in [6, 6.07) is 6.95. The third kappa shape index (κ3) is 2.58. The molecule has 17 heavy (non-hydrogen) atoms. The molecule has 1 heterocycles. The Bertz CT molecular complexity index is 402. The molecule has 1 aliphatic rings. The van der Waals surface area contributed by atoms with E-state index in [1.165, 1.54) is 0 Å². The smallest absolute Gasteiger partial charge is 0.254 e. The lowest BCUT2D eigenvalue weighted by molar-refractivity contribution is 0.0616. The molecule has 1 saturated heterocycles. The maximum absolute atomic E-state index is 12.3. The fraction of sp³-hybridized carbons (Fsp3) is 0.462. The fourth-order valence-corrected chi connectivity index (χ4v) is 2.07. The SMILES string of the molecule is CC1CN(C(=O)c2ccc(O)cc2)C(C)CN1. The Hall–Kier alpha value is -1.55. The number of carbonyl (C=O) groups is 1. The minimum atomic E-state index is 0.0332. The Labute approximate surface area is 101 Å². The molecule has 4 heteroatoms. The second-order valence-electron chi connectivity index (χ2n) is 4.66. The van der Waals surface area contributed by atoms with Gasteiger partial charge in [0, 0.05) is 30.7 Å². The van der Waals surface area contributed by atoms with Crippen LogP contribution < -0.4 is 5.32 Å². The van der Waals surface area contributed by atoms with Crippen molar-refractivity contribution in [3.8, 4) is 5.75 Å². The molecule has 1 aromatic carbocycles. The largest absolute Gasteiger partial charge is 0.508 e. The van der Waals surface area contributed by atoms with Gasteiger partial charge in [-0.2, -0.15) is 0 Å². The van der Waals surface area contributed by atoms with E-state index in [9.17, 15) is 9.90 Å². The van der Waals surface area contributed by atoms with E-state index < -0.39 is 0 Å². The molecule has 4 nitrogen and oxygen atoms in total. The normalized spacial score (nSPS) is 24.7. The first-order valence-corrected chi connectivity index (χ1v) is 5.91. The van der Waals surface area contributed by atoms with Crippen molar-refractivity contribution in [1.82, 2.24) is 10.2 Å². The summed E-state index contributed by atoms with van der Waals surface area (Å²) < 4.78 is 0. The molecule has 1 fully saturated rings. The van der Waals surface area contributed by atoms with E-state index in [1.54, 1.807) is 24.3 Å². The Morgan fingerprint density at radius 3 is 2.65 bits per heavy atom. The first-order chi connectivity index (χ1) is 8.08. The van der Waals surface area contributed by atoms with E-state index in [0.717, 1.165) is 13.1 Å². The number of benzene rings is 1. The number of hydrogen-bond donors (Lipinski definition) is 2. The van der Waals surface area contributed by atoms with Gasteiger partial charge in [0.2, 0.25) is 0 Å². The molecule has 0 spiro atoms. The topological polar surface area (TPSA) is 52.6 Å². The number of rotatable bonds is 1. The monoisotopic (exact) mass is 234 g/mol. The molecule has 2 unspecified atom stereocenters. The second kappa shape index (κ2) is 4.75. The van der Waals surface area contributed by atoms with Crippen LogP contribution in [0.5, 0.6) is 5.75 Å². The van der Waals surface area contributed by atoms with Gasteiger partial charge in [-0.25, -0.2) is 0 Å². The molecule has 1 aromatic rings. The lowest BCUT2D eigenvalue weighted by Crippen LogP contribution is -2.56. The maximum Gasteiger partial charge on any atom is 0.254 e. The Morgan fingerprint density at radius 2 is 2.00 bits per heavy atom. The van der Waals surface area contributed by atoms with Crippen LogP contribution in [0.4, 0.5) is 0 Å². The molecule has 0 aromatic heterocycles. The Kier molecular flexibility index (Phi) is 3.33. The summed E-state index contributed by atoms with van der Waals surface area (Å²) in [7, 11) is 0. The molecular weight excluding hydrogens is 216 g/mol. The summed E-state index contributed by atoms with van der Waals surface area (Å²) in [4.78, 5) is 14.2. The van der Waals surface area contributed by atoms with Gasteiger partial charge in [-0.1, -0.05) is 0 Å². The van der Waals surface area contributed by atoms with Crippen LogP contribution in [0.25, 0.3) is 0 Å². The van der Waals surface area contributed by atoms with Crippen LogP contribution in [0.1, 0.15) is 24.2 Å². The van der Waals surface area contributed by atoms with E-state index in [0.29, 0.717) is 11.6 Å². The second-order valence-corrected chi connectivity index (χ2v) is 4.66. The maximum atomic E-state index is 12.3. The van der Waals surface area contributed by atoms with E-state index in [1.807, 2.05) is 11.8 Å². The molecule has 1 aliphatic heterocycles. The summed E-state index contributed by atoms with van der Waals surface area (Å²) >= 11 is 0. The minimum Gasteiger partial charge on any atom is -0.508 e. The van der Waals surface area contributed by atoms with Gasteiger partial charge in [0.1, 0.15) is 5.75 Å². The highest BCUT2D eigenvalue weighted by molar-refractivity contribution is 5.94. The van der Waals surface area contributed by atoms with Gasteiger partial charge in [-0.3, -0.25) is 4.79 Å². The van der Waals surface area contributed by atoms with Crippen molar-refractivity contribution in [1.29, 1.82) is 0 Å². The summed E-state index contributed by atoms with van der Waals surface area (Å²) in [5.41, 5.74) is 0.628. The number of nitrogens with one attached hydrogen (secondary N) is 1. The van der Waals surface area contributed by atoms with E-state index >= 15 is 0 Å². The van der Waals surface area contributed by atoms with Crippen molar-refractivity contribution in [2.75, 3.05) is 13.1 Å². The zero-order valence-corrected chi connectivity index (χ0v) is 10.2. The van der Waals surface area contributed by atoms with Crippen LogP contribution >= 0.6 is 0 Å². The fourth-order valence-electron chi connectivity index (χ4n) is 2.07. The van der Waals surface area contributed by atoms with Crippen LogP contribution in [-0.4, -0.2) is 41.1 Å². The summed E-state index contributed by atoms with van der Waals surface area (Å²) in [6.07, 6.45) is 0. The van der Waals surface area contributed by atoms with Gasteiger partial charge in [-0.05, 0) is 38.1 Å². The highest BCUT2D eigenvalue weighted by Crippen LogP contribution is 2.15. The molecule has 0 saturated carbocycles. The number of piperazine rings is 1. The third-order valence-corrected chi connectivity index (χ3v) is 3.14. The standard InChI is InChI=1S/C13H18N2O2/c1-9-8-15(10(2)7-14-9)13(17)11-3-5-12(16)6-4-11/h3-6,9-10,14,16H,7-8H2,1-2H3. The van der Waals surface area contributed by atoms with Crippen LogP contribution in [0, 0.1) is 0 Å². The molecule has 0 aliphatic carbocycles. The van der Waals surface area contributed by atoms with Crippen molar-refractivity contribution < 1.29 is 9.90 Å². The average molecular weight is 234 g/mol. The molecular formula is C13H18N2O2. The van der Waals surface area contributed by atoms with Crippen LogP contribution in [-0.2, 0) is 0 Å². The van der Waals surface area contributed by atoms with Gasteiger partial charge in [0.15, 0.2) is 0 Å². The first-order valence-electron chi connectivity index (χ1n) is 5.91. The third-order valence-electron chi connectivity index (χ3n) is 3.14. The van der Waals surface area contributed by atoms with Gasteiger partial charge < -0.3 is 15.3 Å². The van der Waals surface area contributed by atoms with Crippen LogP contribution in [0.15, 0.2) is 24.3 Å². The number of amides is 1. The zero-order valence-electron chi connectivity index (χ0n) is 10.2. The summed E-state index contributed by atoms with van der Waals surface area (Å²) in [5, 5.41) is 12.6. The Morgan fingerprint density at radius 1 is 1.35 bits per heavy atom. The van der Waals surface area contributed by atoms with E-state index in [4.69, 9.17) is 0 Å². The average Bonchev–Trinajstić information content (AvgIpc) is 2.32. The number of carbonyl (C=O) groups excluding carboxylic acids is 1. The quantitative estimate of drug-likeness (QED) is 0.768. The molecule has 0 bridgehead atoms. The van der Waals surface area contributed by atoms with Crippen molar-refractivity contribution in [2.24, 2.45) is 0 Å². The molecule has 2 N–H and O–H groups in total. The van der Waals surface area contributed by atoms with Gasteiger partial charge in [0.05, 0.1) is 0 Å². The minimum absolute atomic E-state index is 0.0332. The van der Waals surface area contributed by atoms with Gasteiger partial charge in [-0.15, -0.1) is 0 Å². The van der Waals surface area contributed by atoms with Crippen molar-refractivity contribution in [3.05, 3.63) is 29.8 Å².